The average Bonchev–Trinajstić information content (AvgIpc) is 2.47. The predicted octanol–water partition coefficient (Wildman–Crippen LogP) is -0.567. The van der Waals surface area contributed by atoms with Crippen molar-refractivity contribution in [2.24, 2.45) is 11.1 Å². The molecule has 0 aromatic carbocycles. The Balaban J connectivity index is 1.98. The van der Waals surface area contributed by atoms with Crippen LogP contribution in [0.1, 0.15) is 19.8 Å². The lowest BCUT2D eigenvalue weighted by atomic mass is 9.78. The van der Waals surface area contributed by atoms with Gasteiger partial charge in [-0.3, -0.25) is 9.59 Å². The number of hydrogen-bond donors (Lipinski definition) is 1. The zero-order chi connectivity index (χ0) is 13.9. The van der Waals surface area contributed by atoms with Gasteiger partial charge in [-0.1, -0.05) is 0 Å². The third-order valence-corrected chi connectivity index (χ3v) is 4.31. The minimum atomic E-state index is -0.448. The molecule has 2 amide bonds. The summed E-state index contributed by atoms with van der Waals surface area (Å²) in [4.78, 5) is 27.6. The first-order valence-electron chi connectivity index (χ1n) is 6.92. The highest BCUT2D eigenvalue weighted by atomic mass is 16.5. The van der Waals surface area contributed by atoms with Gasteiger partial charge in [-0.05, 0) is 12.8 Å². The molecule has 0 spiro atoms. The Hall–Kier alpha value is -1.14. The number of nitrogens with zero attached hydrogens (tertiary/aromatic N) is 2. The van der Waals surface area contributed by atoms with E-state index in [0.717, 1.165) is 0 Å². The van der Waals surface area contributed by atoms with Crippen molar-refractivity contribution in [3.05, 3.63) is 0 Å². The molecular weight excluding hydrogens is 246 g/mol. The highest BCUT2D eigenvalue weighted by Crippen LogP contribution is 2.32. The Labute approximate surface area is 113 Å². The quantitative estimate of drug-likeness (QED) is 0.728. The van der Waals surface area contributed by atoms with E-state index in [9.17, 15) is 9.59 Å². The van der Waals surface area contributed by atoms with Gasteiger partial charge in [0.15, 0.2) is 0 Å². The van der Waals surface area contributed by atoms with E-state index in [1.165, 1.54) is 0 Å². The molecule has 108 valence electrons. The van der Waals surface area contributed by atoms with Crippen LogP contribution in [0.5, 0.6) is 0 Å². The highest BCUT2D eigenvalue weighted by molar-refractivity contribution is 5.83. The summed E-state index contributed by atoms with van der Waals surface area (Å²) in [6.07, 6.45) is 1.41. The number of carbonyl (C=O) groups excluding carboxylic acids is 2. The fourth-order valence-corrected chi connectivity index (χ4v) is 2.83. The summed E-state index contributed by atoms with van der Waals surface area (Å²) in [6, 6.07) is 0. The number of carbonyl (C=O) groups is 2. The van der Waals surface area contributed by atoms with E-state index in [-0.39, 0.29) is 11.8 Å². The zero-order valence-electron chi connectivity index (χ0n) is 11.6. The first kappa shape index (κ1) is 14.3. The molecule has 0 aliphatic carbocycles. The smallest absolute Gasteiger partial charge is 0.230 e. The van der Waals surface area contributed by atoms with Gasteiger partial charge in [-0.2, -0.15) is 0 Å². The Kier molecular flexibility index (Phi) is 4.42. The van der Waals surface area contributed by atoms with Crippen LogP contribution in [0.3, 0.4) is 0 Å². The standard InChI is InChI=1S/C13H23N3O3/c1-11(17)15-4-6-16(7-5-15)12(18)13(10-14)2-8-19-9-3-13/h2-10,14H2,1H3. The molecule has 0 saturated carbocycles. The number of nitrogens with two attached hydrogens (primary N) is 1. The molecule has 2 heterocycles. The van der Waals surface area contributed by atoms with Crippen molar-refractivity contribution in [1.29, 1.82) is 0 Å². The lowest BCUT2D eigenvalue weighted by Gasteiger charge is -2.42. The monoisotopic (exact) mass is 269 g/mol. The van der Waals surface area contributed by atoms with Crippen molar-refractivity contribution in [2.45, 2.75) is 19.8 Å². The van der Waals surface area contributed by atoms with Gasteiger partial charge in [0.25, 0.3) is 0 Å². The lowest BCUT2D eigenvalue weighted by Crippen LogP contribution is -2.56. The SMILES string of the molecule is CC(=O)N1CCN(C(=O)C2(CN)CCOCC2)CC1. The summed E-state index contributed by atoms with van der Waals surface area (Å²) >= 11 is 0. The van der Waals surface area contributed by atoms with Crippen LogP contribution in [-0.2, 0) is 14.3 Å². The molecule has 0 aromatic rings. The molecule has 2 aliphatic rings. The van der Waals surface area contributed by atoms with Crippen molar-refractivity contribution < 1.29 is 14.3 Å². The largest absolute Gasteiger partial charge is 0.381 e. The van der Waals surface area contributed by atoms with E-state index in [2.05, 4.69) is 0 Å². The van der Waals surface area contributed by atoms with Crippen molar-refractivity contribution in [3.63, 3.8) is 0 Å². The van der Waals surface area contributed by atoms with Gasteiger partial charge < -0.3 is 20.3 Å². The molecule has 6 nitrogen and oxygen atoms in total. The van der Waals surface area contributed by atoms with Crippen LogP contribution in [0.4, 0.5) is 0 Å². The molecule has 6 heteroatoms. The molecule has 2 rings (SSSR count). The van der Waals surface area contributed by atoms with Crippen molar-refractivity contribution >= 4 is 11.8 Å². The maximum absolute atomic E-state index is 12.7. The van der Waals surface area contributed by atoms with Gasteiger partial charge in [0.1, 0.15) is 0 Å². The van der Waals surface area contributed by atoms with Crippen LogP contribution in [0.2, 0.25) is 0 Å². The number of hydrogen-bond acceptors (Lipinski definition) is 4. The average molecular weight is 269 g/mol. The van der Waals surface area contributed by atoms with Crippen LogP contribution in [0, 0.1) is 5.41 Å². The van der Waals surface area contributed by atoms with Gasteiger partial charge in [-0.25, -0.2) is 0 Å². The van der Waals surface area contributed by atoms with Crippen LogP contribution >= 0.6 is 0 Å². The maximum Gasteiger partial charge on any atom is 0.230 e. The number of piperazine rings is 1. The summed E-state index contributed by atoms with van der Waals surface area (Å²) < 4.78 is 5.33. The predicted molar refractivity (Wildman–Crippen MR) is 70.4 cm³/mol. The zero-order valence-corrected chi connectivity index (χ0v) is 11.6. The molecule has 0 aromatic heterocycles. The minimum Gasteiger partial charge on any atom is -0.381 e. The van der Waals surface area contributed by atoms with E-state index in [4.69, 9.17) is 10.5 Å². The molecule has 0 radical (unpaired) electrons. The molecule has 2 N–H and O–H groups in total. The summed E-state index contributed by atoms with van der Waals surface area (Å²) in [5.41, 5.74) is 5.41. The second-order valence-corrected chi connectivity index (χ2v) is 5.40. The minimum absolute atomic E-state index is 0.0757. The Morgan fingerprint density at radius 3 is 2.11 bits per heavy atom. The lowest BCUT2D eigenvalue weighted by molar-refractivity contribution is -0.150. The highest BCUT2D eigenvalue weighted by Gasteiger charge is 2.42. The molecular formula is C13H23N3O3. The van der Waals surface area contributed by atoms with E-state index in [0.29, 0.717) is 58.8 Å². The van der Waals surface area contributed by atoms with Gasteiger partial charge in [0, 0.05) is 52.9 Å². The second-order valence-electron chi connectivity index (χ2n) is 5.40. The normalized spacial score (nSPS) is 23.3. The second kappa shape index (κ2) is 5.88. The van der Waals surface area contributed by atoms with Crippen molar-refractivity contribution in [2.75, 3.05) is 45.9 Å². The van der Waals surface area contributed by atoms with E-state index in [1.807, 2.05) is 4.90 Å². The first-order valence-corrected chi connectivity index (χ1v) is 6.92. The van der Waals surface area contributed by atoms with Crippen molar-refractivity contribution in [1.82, 2.24) is 9.80 Å². The van der Waals surface area contributed by atoms with Crippen LogP contribution in [0.15, 0.2) is 0 Å². The Morgan fingerprint density at radius 1 is 1.11 bits per heavy atom. The van der Waals surface area contributed by atoms with E-state index >= 15 is 0 Å². The molecule has 0 atom stereocenters. The van der Waals surface area contributed by atoms with Crippen molar-refractivity contribution in [3.8, 4) is 0 Å². The topological polar surface area (TPSA) is 75.9 Å². The fourth-order valence-electron chi connectivity index (χ4n) is 2.83. The van der Waals surface area contributed by atoms with E-state index in [1.54, 1.807) is 11.8 Å². The van der Waals surface area contributed by atoms with Crippen LogP contribution < -0.4 is 5.73 Å². The number of amides is 2. The molecule has 0 unspecified atom stereocenters. The van der Waals surface area contributed by atoms with Gasteiger partial charge in [0.2, 0.25) is 11.8 Å². The van der Waals surface area contributed by atoms with Crippen LogP contribution in [-0.4, -0.2) is 67.6 Å². The van der Waals surface area contributed by atoms with Crippen LogP contribution in [0.25, 0.3) is 0 Å². The fraction of sp³-hybridized carbons (Fsp3) is 0.846. The van der Waals surface area contributed by atoms with Gasteiger partial charge in [-0.15, -0.1) is 0 Å². The third-order valence-electron chi connectivity index (χ3n) is 4.31. The molecule has 0 bridgehead atoms. The molecule has 2 saturated heterocycles. The summed E-state index contributed by atoms with van der Waals surface area (Å²) in [6.45, 7) is 5.63. The summed E-state index contributed by atoms with van der Waals surface area (Å²) in [7, 11) is 0. The number of ether oxygens (including phenoxy) is 1. The summed E-state index contributed by atoms with van der Waals surface area (Å²) in [5.74, 6) is 0.216. The molecule has 2 fully saturated rings. The van der Waals surface area contributed by atoms with E-state index < -0.39 is 5.41 Å². The third kappa shape index (κ3) is 2.90. The Morgan fingerprint density at radius 2 is 1.63 bits per heavy atom. The Bertz CT molecular complexity index is 345. The first-order chi connectivity index (χ1) is 9.09. The maximum atomic E-state index is 12.7. The summed E-state index contributed by atoms with van der Waals surface area (Å²) in [5, 5.41) is 0. The van der Waals surface area contributed by atoms with Gasteiger partial charge in [0.05, 0.1) is 5.41 Å². The molecule has 2 aliphatic heterocycles. The van der Waals surface area contributed by atoms with Gasteiger partial charge >= 0.3 is 0 Å². The molecule has 19 heavy (non-hydrogen) atoms. The number of rotatable bonds is 2.